The fraction of sp³-hybridized carbons (Fsp3) is 0.190. The smallest absolute Gasteiger partial charge is 0.226 e. The number of thiazole rings is 1. The van der Waals surface area contributed by atoms with Crippen LogP contribution in [0.1, 0.15) is 35.3 Å². The van der Waals surface area contributed by atoms with Gasteiger partial charge in [-0.3, -0.25) is 4.79 Å². The zero-order valence-corrected chi connectivity index (χ0v) is 15.5. The van der Waals surface area contributed by atoms with Crippen molar-refractivity contribution in [3.8, 4) is 16.6 Å². The van der Waals surface area contributed by atoms with Crippen LogP contribution in [0.15, 0.2) is 53.9 Å². The third-order valence-electron chi connectivity index (χ3n) is 4.11. The standard InChI is InChI=1S/C21H19N3OS/c1-14-3-7-18(8-4-14)21-24-19(13-26-21)11-20(25)23-15(2)17-9-5-16(12-22)6-10-17/h3-10,13,15H,11H2,1-2H3,(H,23,25). The molecule has 0 saturated heterocycles. The lowest BCUT2D eigenvalue weighted by atomic mass is 10.1. The molecule has 3 aromatic rings. The quantitative estimate of drug-likeness (QED) is 0.732. The third-order valence-corrected chi connectivity index (χ3v) is 5.05. The van der Waals surface area contributed by atoms with Crippen molar-refractivity contribution in [1.82, 2.24) is 10.3 Å². The molecule has 26 heavy (non-hydrogen) atoms. The number of amides is 1. The lowest BCUT2D eigenvalue weighted by Crippen LogP contribution is -2.28. The van der Waals surface area contributed by atoms with Crippen LogP contribution >= 0.6 is 11.3 Å². The molecule has 1 unspecified atom stereocenters. The topological polar surface area (TPSA) is 65.8 Å². The first-order valence-corrected chi connectivity index (χ1v) is 9.24. The highest BCUT2D eigenvalue weighted by molar-refractivity contribution is 7.13. The van der Waals surface area contributed by atoms with E-state index in [-0.39, 0.29) is 18.4 Å². The number of hydrogen-bond acceptors (Lipinski definition) is 4. The van der Waals surface area contributed by atoms with Crippen LogP contribution in [0.5, 0.6) is 0 Å². The summed E-state index contributed by atoms with van der Waals surface area (Å²) in [5.41, 5.74) is 4.63. The number of aryl methyl sites for hydroxylation is 1. The maximum atomic E-state index is 12.3. The van der Waals surface area contributed by atoms with E-state index in [1.54, 1.807) is 23.5 Å². The Hall–Kier alpha value is -2.97. The van der Waals surface area contributed by atoms with Gasteiger partial charge in [-0.25, -0.2) is 4.98 Å². The summed E-state index contributed by atoms with van der Waals surface area (Å²) in [5.74, 6) is -0.0670. The predicted molar refractivity (Wildman–Crippen MR) is 104 cm³/mol. The van der Waals surface area contributed by atoms with Gasteiger partial charge in [0.1, 0.15) is 5.01 Å². The molecule has 0 saturated carbocycles. The van der Waals surface area contributed by atoms with Crippen LogP contribution in [0.2, 0.25) is 0 Å². The number of nitriles is 1. The minimum absolute atomic E-state index is 0.0670. The second-order valence-corrected chi connectivity index (χ2v) is 7.07. The van der Waals surface area contributed by atoms with E-state index < -0.39 is 0 Å². The summed E-state index contributed by atoms with van der Waals surface area (Å²) in [6.07, 6.45) is 0.253. The summed E-state index contributed by atoms with van der Waals surface area (Å²) in [5, 5.41) is 14.7. The van der Waals surface area contributed by atoms with Crippen molar-refractivity contribution in [2.45, 2.75) is 26.3 Å². The molecule has 1 atom stereocenters. The van der Waals surface area contributed by atoms with Crippen molar-refractivity contribution >= 4 is 17.2 Å². The van der Waals surface area contributed by atoms with Gasteiger partial charge in [0.25, 0.3) is 0 Å². The average molecular weight is 361 g/mol. The zero-order chi connectivity index (χ0) is 18.5. The molecule has 0 aliphatic carbocycles. The number of benzene rings is 2. The normalized spacial score (nSPS) is 11.6. The Morgan fingerprint density at radius 2 is 1.88 bits per heavy atom. The fourth-order valence-corrected chi connectivity index (χ4v) is 3.43. The molecule has 0 radical (unpaired) electrons. The van der Waals surface area contributed by atoms with Crippen LogP contribution in [0.25, 0.3) is 10.6 Å². The molecular weight excluding hydrogens is 342 g/mol. The van der Waals surface area contributed by atoms with Gasteiger partial charge in [-0.2, -0.15) is 5.26 Å². The third kappa shape index (κ3) is 4.35. The Balaban J connectivity index is 1.61. The number of aromatic nitrogens is 1. The highest BCUT2D eigenvalue weighted by Crippen LogP contribution is 2.24. The van der Waals surface area contributed by atoms with Crippen molar-refractivity contribution in [3.05, 3.63) is 76.3 Å². The summed E-state index contributed by atoms with van der Waals surface area (Å²) < 4.78 is 0. The lowest BCUT2D eigenvalue weighted by molar-refractivity contribution is -0.121. The number of carbonyl (C=O) groups excluding carboxylic acids is 1. The summed E-state index contributed by atoms with van der Waals surface area (Å²) in [6.45, 7) is 3.98. The van der Waals surface area contributed by atoms with E-state index in [2.05, 4.69) is 35.4 Å². The van der Waals surface area contributed by atoms with Gasteiger partial charge in [0, 0.05) is 10.9 Å². The summed E-state index contributed by atoms with van der Waals surface area (Å²) in [7, 11) is 0. The van der Waals surface area contributed by atoms with Crippen molar-refractivity contribution in [2.24, 2.45) is 0 Å². The second kappa shape index (κ2) is 7.94. The first-order chi connectivity index (χ1) is 12.5. The van der Waals surface area contributed by atoms with Gasteiger partial charge in [-0.05, 0) is 31.5 Å². The van der Waals surface area contributed by atoms with E-state index in [1.165, 1.54) is 5.56 Å². The number of carbonyl (C=O) groups is 1. The number of nitrogens with one attached hydrogen (secondary N) is 1. The van der Waals surface area contributed by atoms with Crippen molar-refractivity contribution in [1.29, 1.82) is 5.26 Å². The van der Waals surface area contributed by atoms with E-state index in [4.69, 9.17) is 5.26 Å². The molecular formula is C21H19N3OS. The maximum absolute atomic E-state index is 12.3. The first-order valence-electron chi connectivity index (χ1n) is 8.36. The van der Waals surface area contributed by atoms with E-state index >= 15 is 0 Å². The van der Waals surface area contributed by atoms with Crippen molar-refractivity contribution in [2.75, 3.05) is 0 Å². The summed E-state index contributed by atoms with van der Waals surface area (Å²) in [6, 6.07) is 17.4. The molecule has 0 aliphatic rings. The molecule has 4 nitrogen and oxygen atoms in total. The molecule has 2 aromatic carbocycles. The van der Waals surface area contributed by atoms with Crippen LogP contribution < -0.4 is 5.32 Å². The average Bonchev–Trinajstić information content (AvgIpc) is 3.10. The van der Waals surface area contributed by atoms with Gasteiger partial charge >= 0.3 is 0 Å². The molecule has 1 aromatic heterocycles. The molecule has 0 fully saturated rings. The van der Waals surface area contributed by atoms with E-state index in [0.29, 0.717) is 5.56 Å². The molecule has 1 amide bonds. The fourth-order valence-electron chi connectivity index (χ4n) is 2.60. The second-order valence-electron chi connectivity index (χ2n) is 6.21. The van der Waals surface area contributed by atoms with Crippen LogP contribution in [0, 0.1) is 18.3 Å². The first kappa shape index (κ1) is 17.8. The molecule has 5 heteroatoms. The summed E-state index contributed by atoms with van der Waals surface area (Å²) >= 11 is 1.55. The van der Waals surface area contributed by atoms with E-state index in [9.17, 15) is 4.79 Å². The number of hydrogen-bond donors (Lipinski definition) is 1. The van der Waals surface area contributed by atoms with Gasteiger partial charge in [-0.15, -0.1) is 11.3 Å². The van der Waals surface area contributed by atoms with E-state index in [0.717, 1.165) is 21.8 Å². The van der Waals surface area contributed by atoms with Gasteiger partial charge < -0.3 is 5.32 Å². The van der Waals surface area contributed by atoms with Gasteiger partial charge in [0.2, 0.25) is 5.91 Å². The lowest BCUT2D eigenvalue weighted by Gasteiger charge is -2.14. The van der Waals surface area contributed by atoms with Gasteiger partial charge in [0.15, 0.2) is 0 Å². The Morgan fingerprint density at radius 3 is 2.54 bits per heavy atom. The van der Waals surface area contributed by atoms with Crippen molar-refractivity contribution in [3.63, 3.8) is 0 Å². The zero-order valence-electron chi connectivity index (χ0n) is 14.7. The molecule has 1 N–H and O–H groups in total. The molecule has 130 valence electrons. The molecule has 3 rings (SSSR count). The Morgan fingerprint density at radius 1 is 1.19 bits per heavy atom. The minimum Gasteiger partial charge on any atom is -0.349 e. The Labute approximate surface area is 157 Å². The highest BCUT2D eigenvalue weighted by Gasteiger charge is 2.12. The predicted octanol–water partition coefficient (Wildman–Crippen LogP) is 4.41. The largest absolute Gasteiger partial charge is 0.349 e. The molecule has 0 spiro atoms. The Kier molecular flexibility index (Phi) is 5.45. The number of nitrogens with zero attached hydrogens (tertiary/aromatic N) is 2. The minimum atomic E-state index is -0.120. The molecule has 0 aliphatic heterocycles. The van der Waals surface area contributed by atoms with E-state index in [1.807, 2.05) is 36.6 Å². The maximum Gasteiger partial charge on any atom is 0.226 e. The van der Waals surface area contributed by atoms with Crippen molar-refractivity contribution < 1.29 is 4.79 Å². The summed E-state index contributed by atoms with van der Waals surface area (Å²) in [4.78, 5) is 16.9. The Bertz CT molecular complexity index is 937. The molecule has 1 heterocycles. The molecule has 0 bridgehead atoms. The van der Waals surface area contributed by atoms with Gasteiger partial charge in [0.05, 0.1) is 29.8 Å². The van der Waals surface area contributed by atoms with Crippen LogP contribution in [0.3, 0.4) is 0 Å². The SMILES string of the molecule is Cc1ccc(-c2nc(CC(=O)NC(C)c3ccc(C#N)cc3)cs2)cc1. The number of rotatable bonds is 5. The van der Waals surface area contributed by atoms with Crippen LogP contribution in [-0.4, -0.2) is 10.9 Å². The van der Waals surface area contributed by atoms with Gasteiger partial charge in [-0.1, -0.05) is 42.0 Å². The van der Waals surface area contributed by atoms with Crippen LogP contribution in [-0.2, 0) is 11.2 Å². The monoisotopic (exact) mass is 361 g/mol. The highest BCUT2D eigenvalue weighted by atomic mass is 32.1. The van der Waals surface area contributed by atoms with Crippen LogP contribution in [0.4, 0.5) is 0 Å².